The zero-order chi connectivity index (χ0) is 29.4. The average molecular weight is 603 g/mol. The standard InChI is InChI=1S/C31H41Cl2N5O3/c1-30(2,19-37-13-5-6-14-37)36-28(39)20-7-12-27(34-18-20)38-23-9-10-24(38)17-22(16-23)35-29(40)31(3,4)41-26-11-8-21(32)15-25(26)33/h7-8,11-12,15,18,22-24H,5-6,9-10,13-14,16-17,19H2,1-4H3,(H,35,40)(H,36,39). The predicted octanol–water partition coefficient (Wildman–Crippen LogP) is 5.47. The molecule has 2 N–H and O–H groups in total. The van der Waals surface area contributed by atoms with Crippen molar-refractivity contribution in [2.75, 3.05) is 24.5 Å². The van der Waals surface area contributed by atoms with Crippen LogP contribution in [0.4, 0.5) is 5.82 Å². The van der Waals surface area contributed by atoms with Crippen molar-refractivity contribution in [2.24, 2.45) is 0 Å². The minimum atomic E-state index is -1.10. The van der Waals surface area contributed by atoms with Crippen LogP contribution in [0.15, 0.2) is 36.5 Å². The molecule has 5 rings (SSSR count). The third kappa shape index (κ3) is 7.09. The predicted molar refractivity (Wildman–Crippen MR) is 163 cm³/mol. The van der Waals surface area contributed by atoms with E-state index in [1.54, 1.807) is 38.2 Å². The quantitative estimate of drug-likeness (QED) is 0.396. The number of hydrogen-bond acceptors (Lipinski definition) is 6. The highest BCUT2D eigenvalue weighted by Crippen LogP contribution is 2.39. The number of carbonyl (C=O) groups excluding carboxylic acids is 2. The van der Waals surface area contributed by atoms with Gasteiger partial charge in [0.2, 0.25) is 0 Å². The van der Waals surface area contributed by atoms with E-state index in [0.29, 0.717) is 21.4 Å². The van der Waals surface area contributed by atoms with E-state index in [2.05, 4.69) is 34.3 Å². The molecule has 1 aromatic carbocycles. The molecule has 2 unspecified atom stereocenters. The van der Waals surface area contributed by atoms with Crippen LogP contribution < -0.4 is 20.3 Å². The van der Waals surface area contributed by atoms with Gasteiger partial charge in [-0.05, 0) is 110 Å². The van der Waals surface area contributed by atoms with E-state index in [-0.39, 0.29) is 35.5 Å². The molecular formula is C31H41Cl2N5O3. The second-order valence-corrected chi connectivity index (χ2v) is 13.7. The molecule has 3 fully saturated rings. The largest absolute Gasteiger partial charge is 0.476 e. The van der Waals surface area contributed by atoms with Gasteiger partial charge in [-0.25, -0.2) is 4.98 Å². The maximum Gasteiger partial charge on any atom is 0.263 e. The summed E-state index contributed by atoms with van der Waals surface area (Å²) in [6.07, 6.45) is 7.90. The van der Waals surface area contributed by atoms with Crippen molar-refractivity contribution in [3.8, 4) is 5.75 Å². The maximum absolute atomic E-state index is 13.2. The SMILES string of the molecule is CC(C)(CN1CCCC1)NC(=O)c1ccc(N2C3CCC2CC(NC(=O)C(C)(C)Oc2ccc(Cl)cc2Cl)C3)nc1. The number of rotatable bonds is 9. The molecule has 8 nitrogen and oxygen atoms in total. The van der Waals surface area contributed by atoms with Crippen molar-refractivity contribution in [1.29, 1.82) is 0 Å². The number of piperidine rings is 1. The number of carbonyl (C=O) groups is 2. The highest BCUT2D eigenvalue weighted by Gasteiger charge is 2.43. The number of aromatic nitrogens is 1. The van der Waals surface area contributed by atoms with Crippen molar-refractivity contribution in [1.82, 2.24) is 20.5 Å². The summed E-state index contributed by atoms with van der Waals surface area (Å²) in [6, 6.07) is 9.40. The molecule has 10 heteroatoms. The first-order valence-corrected chi connectivity index (χ1v) is 15.4. The lowest BCUT2D eigenvalue weighted by molar-refractivity contribution is -0.135. The van der Waals surface area contributed by atoms with E-state index >= 15 is 0 Å². The van der Waals surface area contributed by atoms with Crippen molar-refractivity contribution < 1.29 is 14.3 Å². The number of benzene rings is 1. The van der Waals surface area contributed by atoms with Gasteiger partial charge in [0.05, 0.1) is 10.6 Å². The second-order valence-electron chi connectivity index (χ2n) is 12.8. The van der Waals surface area contributed by atoms with E-state index in [9.17, 15) is 9.59 Å². The molecule has 1 aromatic heterocycles. The third-order valence-electron chi connectivity index (χ3n) is 8.42. The van der Waals surface area contributed by atoms with Gasteiger partial charge in [0.15, 0.2) is 5.60 Å². The topological polar surface area (TPSA) is 86.8 Å². The van der Waals surface area contributed by atoms with Gasteiger partial charge in [-0.2, -0.15) is 0 Å². The lowest BCUT2D eigenvalue weighted by Crippen LogP contribution is -2.55. The van der Waals surface area contributed by atoms with E-state index in [1.165, 1.54) is 12.8 Å². The summed E-state index contributed by atoms with van der Waals surface area (Å²) in [5, 5.41) is 7.28. The number of likely N-dealkylation sites (tertiary alicyclic amines) is 1. The summed E-state index contributed by atoms with van der Waals surface area (Å²) in [4.78, 5) is 35.7. The Morgan fingerprint density at radius 1 is 1.02 bits per heavy atom. The number of amides is 2. The number of pyridine rings is 1. The number of ether oxygens (including phenoxy) is 1. The molecule has 0 aliphatic carbocycles. The number of halogens is 2. The van der Waals surface area contributed by atoms with Gasteiger partial charge in [-0.3, -0.25) is 9.59 Å². The van der Waals surface area contributed by atoms with Crippen LogP contribution in [-0.4, -0.2) is 70.6 Å². The molecule has 222 valence electrons. The fourth-order valence-electron chi connectivity index (χ4n) is 6.50. The van der Waals surface area contributed by atoms with Crippen LogP contribution in [0.25, 0.3) is 0 Å². The third-order valence-corrected chi connectivity index (χ3v) is 8.95. The number of fused-ring (bicyclic) bond motifs is 2. The van der Waals surface area contributed by atoms with Gasteiger partial charge in [-0.15, -0.1) is 0 Å². The summed E-state index contributed by atoms with van der Waals surface area (Å²) in [5.74, 6) is 1.03. The van der Waals surface area contributed by atoms with Crippen LogP contribution in [0.2, 0.25) is 10.0 Å². The van der Waals surface area contributed by atoms with Crippen LogP contribution >= 0.6 is 23.2 Å². The van der Waals surface area contributed by atoms with Crippen LogP contribution in [0.5, 0.6) is 5.75 Å². The fraction of sp³-hybridized carbons (Fsp3) is 0.581. The van der Waals surface area contributed by atoms with E-state index < -0.39 is 5.60 Å². The fourth-order valence-corrected chi connectivity index (χ4v) is 6.95. The van der Waals surface area contributed by atoms with Crippen molar-refractivity contribution >= 4 is 40.8 Å². The van der Waals surface area contributed by atoms with Crippen LogP contribution in [0, 0.1) is 0 Å². The van der Waals surface area contributed by atoms with Crippen molar-refractivity contribution in [3.05, 3.63) is 52.1 Å². The highest BCUT2D eigenvalue weighted by molar-refractivity contribution is 6.35. The van der Waals surface area contributed by atoms with E-state index in [0.717, 1.165) is 51.1 Å². The summed E-state index contributed by atoms with van der Waals surface area (Å²) in [6.45, 7) is 10.7. The van der Waals surface area contributed by atoms with Gasteiger partial charge in [0, 0.05) is 41.4 Å². The van der Waals surface area contributed by atoms with Crippen LogP contribution in [-0.2, 0) is 4.79 Å². The summed E-state index contributed by atoms with van der Waals surface area (Å²) >= 11 is 12.3. The molecule has 2 aromatic rings. The smallest absolute Gasteiger partial charge is 0.263 e. The van der Waals surface area contributed by atoms with Crippen molar-refractivity contribution in [2.45, 2.75) is 95.5 Å². The molecule has 0 radical (unpaired) electrons. The van der Waals surface area contributed by atoms with E-state index in [1.807, 2.05) is 12.1 Å². The van der Waals surface area contributed by atoms with Gasteiger partial charge >= 0.3 is 0 Å². The second kappa shape index (κ2) is 12.0. The van der Waals surface area contributed by atoms with Gasteiger partial charge in [0.1, 0.15) is 11.6 Å². The summed E-state index contributed by atoms with van der Waals surface area (Å²) < 4.78 is 5.99. The molecule has 0 spiro atoms. The molecule has 3 aliphatic rings. The van der Waals surface area contributed by atoms with E-state index in [4.69, 9.17) is 32.9 Å². The Bertz CT molecular complexity index is 1250. The molecule has 4 heterocycles. The number of nitrogens with zero attached hydrogens (tertiary/aromatic N) is 3. The zero-order valence-corrected chi connectivity index (χ0v) is 25.9. The normalized spacial score (nSPS) is 23.0. The molecular weight excluding hydrogens is 561 g/mol. The molecule has 2 atom stereocenters. The Morgan fingerprint density at radius 3 is 2.32 bits per heavy atom. The number of hydrogen-bond donors (Lipinski definition) is 2. The lowest BCUT2D eigenvalue weighted by Gasteiger charge is -2.41. The summed E-state index contributed by atoms with van der Waals surface area (Å²) in [7, 11) is 0. The zero-order valence-electron chi connectivity index (χ0n) is 24.4. The first-order chi connectivity index (χ1) is 19.4. The van der Waals surface area contributed by atoms with Crippen LogP contribution in [0.1, 0.15) is 76.6 Å². The van der Waals surface area contributed by atoms with Gasteiger partial charge in [0.25, 0.3) is 11.8 Å². The maximum atomic E-state index is 13.2. The molecule has 0 saturated carbocycles. The Morgan fingerprint density at radius 2 is 1.71 bits per heavy atom. The molecule has 3 aliphatic heterocycles. The Balaban J connectivity index is 1.16. The first kappa shape index (κ1) is 29.9. The molecule has 3 saturated heterocycles. The summed E-state index contributed by atoms with van der Waals surface area (Å²) in [5.41, 5.74) is -0.846. The number of nitrogens with one attached hydrogen (secondary N) is 2. The molecule has 2 bridgehead atoms. The number of anilines is 1. The van der Waals surface area contributed by atoms with Gasteiger partial charge in [-0.1, -0.05) is 23.2 Å². The molecule has 2 amide bonds. The Kier molecular flexibility index (Phi) is 8.74. The molecule has 41 heavy (non-hydrogen) atoms. The first-order valence-electron chi connectivity index (χ1n) is 14.6. The minimum absolute atomic E-state index is 0.0442. The Labute approximate surface area is 253 Å². The Hall–Kier alpha value is -2.55. The average Bonchev–Trinajstić information content (AvgIpc) is 3.50. The lowest BCUT2D eigenvalue weighted by atomic mass is 9.96. The van der Waals surface area contributed by atoms with Crippen molar-refractivity contribution in [3.63, 3.8) is 0 Å². The monoisotopic (exact) mass is 601 g/mol. The van der Waals surface area contributed by atoms with Gasteiger partial charge < -0.3 is 25.2 Å². The minimum Gasteiger partial charge on any atom is -0.476 e. The highest BCUT2D eigenvalue weighted by atomic mass is 35.5. The van der Waals surface area contributed by atoms with Crippen LogP contribution in [0.3, 0.4) is 0 Å².